The molecule has 146 valence electrons. The summed E-state index contributed by atoms with van der Waals surface area (Å²) in [6.45, 7) is 7.05. The maximum absolute atomic E-state index is 13.3. The largest absolute Gasteiger partial charge is 0.495 e. The van der Waals surface area contributed by atoms with Crippen LogP contribution in [0.25, 0.3) is 0 Å². The zero-order chi connectivity index (χ0) is 20.2. The zero-order valence-electron chi connectivity index (χ0n) is 16.3. The van der Waals surface area contributed by atoms with Crippen molar-refractivity contribution in [1.82, 2.24) is 5.32 Å². The van der Waals surface area contributed by atoms with E-state index in [4.69, 9.17) is 4.74 Å². The molecule has 0 heterocycles. The molecule has 2 aromatic rings. The molecule has 0 unspecified atom stereocenters. The highest BCUT2D eigenvalue weighted by molar-refractivity contribution is 7.92. The highest BCUT2D eigenvalue weighted by Gasteiger charge is 2.29. The minimum atomic E-state index is -3.96. The van der Waals surface area contributed by atoms with Gasteiger partial charge in [-0.05, 0) is 57.5 Å². The third-order valence-electron chi connectivity index (χ3n) is 3.95. The molecule has 0 aromatic heterocycles. The van der Waals surface area contributed by atoms with E-state index < -0.39 is 10.0 Å². The number of carbonyl (C=O) groups excluding carboxylic acids is 1. The lowest BCUT2D eigenvalue weighted by molar-refractivity contribution is -0.120. The molecule has 2 aromatic carbocycles. The van der Waals surface area contributed by atoms with E-state index in [2.05, 4.69) is 5.32 Å². The topological polar surface area (TPSA) is 75.7 Å². The van der Waals surface area contributed by atoms with Crippen LogP contribution in [0.1, 0.15) is 25.0 Å². The molecule has 0 radical (unpaired) electrons. The van der Waals surface area contributed by atoms with Gasteiger partial charge >= 0.3 is 0 Å². The van der Waals surface area contributed by atoms with E-state index in [9.17, 15) is 13.2 Å². The molecule has 0 saturated heterocycles. The molecule has 0 bridgehead atoms. The van der Waals surface area contributed by atoms with Gasteiger partial charge in [0.2, 0.25) is 5.91 Å². The third kappa shape index (κ3) is 5.01. The van der Waals surface area contributed by atoms with Crippen molar-refractivity contribution in [1.29, 1.82) is 0 Å². The van der Waals surface area contributed by atoms with Gasteiger partial charge in [-0.2, -0.15) is 0 Å². The smallest absolute Gasteiger partial charge is 0.264 e. The SMILES string of the molecule is COc1ccc(C)cc1N(CC(=O)NC(C)C)S(=O)(=O)c1ccc(C)cc1. The van der Waals surface area contributed by atoms with Crippen LogP contribution in [0.15, 0.2) is 47.4 Å². The lowest BCUT2D eigenvalue weighted by atomic mass is 10.2. The Morgan fingerprint density at radius 2 is 1.67 bits per heavy atom. The minimum Gasteiger partial charge on any atom is -0.495 e. The van der Waals surface area contributed by atoms with E-state index in [0.717, 1.165) is 15.4 Å². The number of hydrogen-bond donors (Lipinski definition) is 1. The molecule has 0 fully saturated rings. The van der Waals surface area contributed by atoms with Crippen LogP contribution in [0.4, 0.5) is 5.69 Å². The Hall–Kier alpha value is -2.54. The van der Waals surface area contributed by atoms with Gasteiger partial charge in [-0.15, -0.1) is 0 Å². The second-order valence-corrected chi connectivity index (χ2v) is 8.58. The lowest BCUT2D eigenvalue weighted by Crippen LogP contribution is -2.43. The van der Waals surface area contributed by atoms with Crippen molar-refractivity contribution in [2.75, 3.05) is 18.0 Å². The van der Waals surface area contributed by atoms with Crippen molar-refractivity contribution in [2.45, 2.75) is 38.6 Å². The number of benzene rings is 2. The summed E-state index contributed by atoms with van der Waals surface area (Å²) in [5.41, 5.74) is 2.14. The second kappa shape index (κ2) is 8.43. The van der Waals surface area contributed by atoms with Crippen LogP contribution in [-0.2, 0) is 14.8 Å². The third-order valence-corrected chi connectivity index (χ3v) is 5.72. The van der Waals surface area contributed by atoms with E-state index in [-0.39, 0.29) is 23.4 Å². The molecule has 0 saturated carbocycles. The van der Waals surface area contributed by atoms with Crippen molar-refractivity contribution in [3.63, 3.8) is 0 Å². The predicted octanol–water partition coefficient (Wildman–Crippen LogP) is 3.03. The molecule has 0 aliphatic heterocycles. The highest BCUT2D eigenvalue weighted by Crippen LogP contribution is 2.33. The van der Waals surface area contributed by atoms with Gasteiger partial charge in [-0.1, -0.05) is 23.8 Å². The summed E-state index contributed by atoms with van der Waals surface area (Å²) >= 11 is 0. The fourth-order valence-corrected chi connectivity index (χ4v) is 4.05. The van der Waals surface area contributed by atoms with Crippen molar-refractivity contribution < 1.29 is 17.9 Å². The maximum Gasteiger partial charge on any atom is 0.264 e. The quantitative estimate of drug-likeness (QED) is 0.788. The Labute approximate surface area is 161 Å². The van der Waals surface area contributed by atoms with E-state index >= 15 is 0 Å². The van der Waals surface area contributed by atoms with Crippen LogP contribution < -0.4 is 14.4 Å². The van der Waals surface area contributed by atoms with E-state index in [1.165, 1.54) is 7.11 Å². The normalized spacial score (nSPS) is 11.3. The summed E-state index contributed by atoms with van der Waals surface area (Å²) in [4.78, 5) is 12.5. The summed E-state index contributed by atoms with van der Waals surface area (Å²) in [6.07, 6.45) is 0. The molecule has 1 amide bonds. The standard InChI is InChI=1S/C20H26N2O4S/c1-14(2)21-20(23)13-22(18-12-16(4)8-11-19(18)26-5)27(24,25)17-9-6-15(3)7-10-17/h6-12,14H,13H2,1-5H3,(H,21,23). The Morgan fingerprint density at radius 1 is 1.07 bits per heavy atom. The molecule has 0 aliphatic carbocycles. The maximum atomic E-state index is 13.3. The first-order chi connectivity index (χ1) is 12.6. The molecule has 0 aliphatic rings. The van der Waals surface area contributed by atoms with Gasteiger partial charge < -0.3 is 10.1 Å². The van der Waals surface area contributed by atoms with Gasteiger partial charge in [-0.3, -0.25) is 9.10 Å². The summed E-state index contributed by atoms with van der Waals surface area (Å²) in [5.74, 6) is -0.00196. The molecular formula is C20H26N2O4S. The number of rotatable bonds is 7. The van der Waals surface area contributed by atoms with E-state index in [0.29, 0.717) is 11.4 Å². The number of anilines is 1. The first kappa shape index (κ1) is 20.8. The number of nitrogens with zero attached hydrogens (tertiary/aromatic N) is 1. The number of hydrogen-bond acceptors (Lipinski definition) is 4. The first-order valence-electron chi connectivity index (χ1n) is 8.68. The van der Waals surface area contributed by atoms with Gasteiger partial charge in [0.1, 0.15) is 12.3 Å². The Balaban J connectivity index is 2.58. The van der Waals surface area contributed by atoms with Crippen molar-refractivity contribution >= 4 is 21.6 Å². The fourth-order valence-electron chi connectivity index (χ4n) is 2.63. The Bertz CT molecular complexity index is 906. The number of methoxy groups -OCH3 is 1. The summed E-state index contributed by atoms with van der Waals surface area (Å²) in [7, 11) is -2.49. The molecular weight excluding hydrogens is 364 g/mol. The summed E-state index contributed by atoms with van der Waals surface area (Å²) in [5, 5.41) is 2.74. The van der Waals surface area contributed by atoms with Crippen LogP contribution in [0, 0.1) is 13.8 Å². The second-order valence-electron chi connectivity index (χ2n) is 6.72. The van der Waals surface area contributed by atoms with Gasteiger partial charge in [0.15, 0.2) is 0 Å². The fraction of sp³-hybridized carbons (Fsp3) is 0.350. The van der Waals surface area contributed by atoms with Crippen molar-refractivity contribution in [3.05, 3.63) is 53.6 Å². The van der Waals surface area contributed by atoms with Crippen LogP contribution in [0.2, 0.25) is 0 Å². The molecule has 2 rings (SSSR count). The van der Waals surface area contributed by atoms with Crippen LogP contribution in [0.3, 0.4) is 0 Å². The molecule has 0 spiro atoms. The Kier molecular flexibility index (Phi) is 6.49. The predicted molar refractivity (Wildman–Crippen MR) is 107 cm³/mol. The van der Waals surface area contributed by atoms with Crippen molar-refractivity contribution in [3.8, 4) is 5.75 Å². The molecule has 6 nitrogen and oxygen atoms in total. The Morgan fingerprint density at radius 3 is 2.22 bits per heavy atom. The van der Waals surface area contributed by atoms with Gasteiger partial charge in [0, 0.05) is 6.04 Å². The van der Waals surface area contributed by atoms with E-state index in [1.807, 2.05) is 33.8 Å². The lowest BCUT2D eigenvalue weighted by Gasteiger charge is -2.26. The van der Waals surface area contributed by atoms with Gasteiger partial charge in [-0.25, -0.2) is 8.42 Å². The van der Waals surface area contributed by atoms with E-state index in [1.54, 1.807) is 36.4 Å². The highest BCUT2D eigenvalue weighted by atomic mass is 32.2. The number of sulfonamides is 1. The number of ether oxygens (including phenoxy) is 1. The summed E-state index contributed by atoms with van der Waals surface area (Å²) in [6, 6.07) is 11.7. The average Bonchev–Trinajstić information content (AvgIpc) is 2.59. The summed E-state index contributed by atoms with van der Waals surface area (Å²) < 4.78 is 33.1. The van der Waals surface area contributed by atoms with Crippen LogP contribution >= 0.6 is 0 Å². The molecule has 7 heteroatoms. The van der Waals surface area contributed by atoms with Gasteiger partial charge in [0.25, 0.3) is 10.0 Å². The average molecular weight is 391 g/mol. The van der Waals surface area contributed by atoms with Gasteiger partial charge in [0.05, 0.1) is 17.7 Å². The molecule has 0 atom stereocenters. The van der Waals surface area contributed by atoms with Crippen LogP contribution in [0.5, 0.6) is 5.75 Å². The number of carbonyl (C=O) groups is 1. The number of nitrogens with one attached hydrogen (secondary N) is 1. The molecule has 1 N–H and O–H groups in total. The zero-order valence-corrected chi connectivity index (χ0v) is 17.1. The number of aryl methyl sites for hydroxylation is 2. The van der Waals surface area contributed by atoms with Crippen molar-refractivity contribution in [2.24, 2.45) is 0 Å². The van der Waals surface area contributed by atoms with Crippen LogP contribution in [-0.4, -0.2) is 34.0 Å². The molecule has 27 heavy (non-hydrogen) atoms. The first-order valence-corrected chi connectivity index (χ1v) is 10.1. The number of amides is 1. The monoisotopic (exact) mass is 390 g/mol. The minimum absolute atomic E-state index is 0.0965.